The highest BCUT2D eigenvalue weighted by Gasteiger charge is 2.09. The van der Waals surface area contributed by atoms with Gasteiger partial charge in [-0.2, -0.15) is 0 Å². The van der Waals surface area contributed by atoms with Crippen LogP contribution in [0.2, 0.25) is 0 Å². The number of rotatable bonds is 3. The number of nitrogens with zero attached hydrogens (tertiary/aromatic N) is 4. The van der Waals surface area contributed by atoms with Crippen LogP contribution in [-0.4, -0.2) is 18.5 Å². The van der Waals surface area contributed by atoms with Crippen molar-refractivity contribution in [2.24, 2.45) is 0 Å². The van der Waals surface area contributed by atoms with Crippen molar-refractivity contribution in [1.82, 2.24) is 18.5 Å². The Morgan fingerprint density at radius 2 is 1.74 bits per heavy atom. The van der Waals surface area contributed by atoms with Crippen molar-refractivity contribution in [2.75, 3.05) is 0 Å². The molecule has 1 aromatic carbocycles. The number of hydrogen-bond acceptors (Lipinski definition) is 4. The van der Waals surface area contributed by atoms with Crippen LogP contribution >= 0.6 is 0 Å². The van der Waals surface area contributed by atoms with Gasteiger partial charge >= 0.3 is 11.1 Å². The first-order valence-corrected chi connectivity index (χ1v) is 8.08. The van der Waals surface area contributed by atoms with Gasteiger partial charge in [-0.3, -0.25) is 23.4 Å². The summed E-state index contributed by atoms with van der Waals surface area (Å²) in [5, 5.41) is 0. The van der Waals surface area contributed by atoms with Gasteiger partial charge in [-0.15, -0.1) is 0 Å². The zero-order chi connectivity index (χ0) is 19.0. The standard InChI is InChI=1S/C19H13FN4O3/c20-13-4-3-5-15(10-13)23-9-8-22(18(26)19(23)27)12-14-11-17(25)24-7-2-1-6-16(24)21-14/h1-11H,12H2. The number of benzene rings is 1. The van der Waals surface area contributed by atoms with E-state index >= 15 is 0 Å². The fraction of sp³-hybridized carbons (Fsp3) is 0.0526. The largest absolute Gasteiger partial charge is 0.320 e. The molecule has 3 heterocycles. The lowest BCUT2D eigenvalue weighted by Crippen LogP contribution is -2.40. The third-order valence-corrected chi connectivity index (χ3v) is 4.10. The summed E-state index contributed by atoms with van der Waals surface area (Å²) >= 11 is 0. The summed E-state index contributed by atoms with van der Waals surface area (Å²) in [5.41, 5.74) is -0.835. The minimum atomic E-state index is -0.819. The first kappa shape index (κ1) is 16.6. The summed E-state index contributed by atoms with van der Waals surface area (Å²) in [6, 6.07) is 11.9. The molecular weight excluding hydrogens is 351 g/mol. The first-order valence-electron chi connectivity index (χ1n) is 8.08. The minimum Gasteiger partial charge on any atom is -0.303 e. The Morgan fingerprint density at radius 3 is 2.56 bits per heavy atom. The molecule has 0 amide bonds. The number of pyridine rings is 1. The monoisotopic (exact) mass is 364 g/mol. The summed E-state index contributed by atoms with van der Waals surface area (Å²) in [4.78, 5) is 41.3. The van der Waals surface area contributed by atoms with Gasteiger partial charge in [-0.05, 0) is 30.3 Å². The molecule has 0 unspecified atom stereocenters. The smallest absolute Gasteiger partial charge is 0.303 e. The van der Waals surface area contributed by atoms with Crippen LogP contribution in [0.1, 0.15) is 5.69 Å². The number of aromatic nitrogens is 4. The molecule has 0 aliphatic carbocycles. The summed E-state index contributed by atoms with van der Waals surface area (Å²) < 4.78 is 17.0. The molecule has 3 aromatic heterocycles. The molecule has 0 fully saturated rings. The first-order chi connectivity index (χ1) is 13.0. The Morgan fingerprint density at radius 1 is 0.889 bits per heavy atom. The van der Waals surface area contributed by atoms with Gasteiger partial charge in [0.15, 0.2) is 0 Å². The van der Waals surface area contributed by atoms with E-state index in [1.54, 1.807) is 24.4 Å². The van der Waals surface area contributed by atoms with E-state index in [1.165, 1.54) is 45.6 Å². The molecule has 0 spiro atoms. The van der Waals surface area contributed by atoms with E-state index in [-0.39, 0.29) is 17.8 Å². The quantitative estimate of drug-likeness (QED) is 0.512. The van der Waals surface area contributed by atoms with Crippen LogP contribution in [0, 0.1) is 5.82 Å². The summed E-state index contributed by atoms with van der Waals surface area (Å²) in [5.74, 6) is -0.510. The zero-order valence-corrected chi connectivity index (χ0v) is 13.9. The third-order valence-electron chi connectivity index (χ3n) is 4.10. The number of halogens is 1. The van der Waals surface area contributed by atoms with Crippen molar-refractivity contribution >= 4 is 5.65 Å². The lowest BCUT2D eigenvalue weighted by Gasteiger charge is -2.09. The molecule has 0 saturated carbocycles. The van der Waals surface area contributed by atoms with Gasteiger partial charge < -0.3 is 4.57 Å². The molecule has 0 bridgehead atoms. The van der Waals surface area contributed by atoms with Gasteiger partial charge in [0, 0.05) is 24.7 Å². The lowest BCUT2D eigenvalue weighted by molar-refractivity contribution is 0.625. The SMILES string of the molecule is O=c1c(=O)n(-c2cccc(F)c2)ccn1Cc1cc(=O)n2ccccc2n1. The fourth-order valence-corrected chi connectivity index (χ4v) is 2.82. The highest BCUT2D eigenvalue weighted by Crippen LogP contribution is 2.07. The van der Waals surface area contributed by atoms with Gasteiger partial charge in [-0.1, -0.05) is 12.1 Å². The fourth-order valence-electron chi connectivity index (χ4n) is 2.82. The minimum absolute atomic E-state index is 0.0291. The van der Waals surface area contributed by atoms with Crippen LogP contribution < -0.4 is 16.7 Å². The maximum atomic E-state index is 13.4. The van der Waals surface area contributed by atoms with Gasteiger partial charge in [0.1, 0.15) is 11.5 Å². The molecule has 0 saturated heterocycles. The Bertz CT molecular complexity index is 1340. The molecule has 134 valence electrons. The van der Waals surface area contributed by atoms with Crippen LogP contribution in [0.5, 0.6) is 0 Å². The number of fused-ring (bicyclic) bond motifs is 1. The molecule has 4 aromatic rings. The van der Waals surface area contributed by atoms with E-state index in [4.69, 9.17) is 0 Å². The van der Waals surface area contributed by atoms with E-state index in [0.717, 1.165) is 10.6 Å². The van der Waals surface area contributed by atoms with Gasteiger partial charge in [0.2, 0.25) is 0 Å². The topological polar surface area (TPSA) is 78.4 Å². The van der Waals surface area contributed by atoms with E-state index in [0.29, 0.717) is 11.3 Å². The van der Waals surface area contributed by atoms with Crippen LogP contribution in [0.3, 0.4) is 0 Å². The van der Waals surface area contributed by atoms with Crippen molar-refractivity contribution in [3.8, 4) is 5.69 Å². The van der Waals surface area contributed by atoms with Crippen LogP contribution in [0.4, 0.5) is 4.39 Å². The molecule has 8 heteroatoms. The second-order valence-electron chi connectivity index (χ2n) is 5.90. The van der Waals surface area contributed by atoms with Crippen LogP contribution in [-0.2, 0) is 6.54 Å². The summed E-state index contributed by atoms with van der Waals surface area (Å²) in [7, 11) is 0. The Labute approximate surface area is 151 Å². The molecule has 0 aliphatic heterocycles. The average molecular weight is 364 g/mol. The zero-order valence-electron chi connectivity index (χ0n) is 13.9. The van der Waals surface area contributed by atoms with Gasteiger partial charge in [-0.25, -0.2) is 9.37 Å². The third kappa shape index (κ3) is 3.08. The van der Waals surface area contributed by atoms with Crippen LogP contribution in [0.25, 0.3) is 11.3 Å². The molecular formula is C19H13FN4O3. The van der Waals surface area contributed by atoms with E-state index < -0.39 is 16.9 Å². The lowest BCUT2D eigenvalue weighted by atomic mass is 10.3. The van der Waals surface area contributed by atoms with Crippen molar-refractivity contribution in [2.45, 2.75) is 6.54 Å². The molecule has 0 aliphatic rings. The average Bonchev–Trinajstić information content (AvgIpc) is 2.66. The second-order valence-corrected chi connectivity index (χ2v) is 5.90. The molecule has 0 atom stereocenters. The van der Waals surface area contributed by atoms with E-state index in [2.05, 4.69) is 4.98 Å². The molecule has 27 heavy (non-hydrogen) atoms. The van der Waals surface area contributed by atoms with Crippen molar-refractivity contribution in [3.63, 3.8) is 0 Å². The maximum Gasteiger partial charge on any atom is 0.320 e. The Balaban J connectivity index is 1.76. The molecule has 0 radical (unpaired) electrons. The predicted octanol–water partition coefficient (Wildman–Crippen LogP) is 1.19. The Hall–Kier alpha value is -3.81. The Kier molecular flexibility index (Phi) is 4.00. The van der Waals surface area contributed by atoms with E-state index in [1.807, 2.05) is 0 Å². The van der Waals surface area contributed by atoms with Gasteiger partial charge in [0.25, 0.3) is 5.56 Å². The molecule has 4 rings (SSSR count). The molecule has 0 N–H and O–H groups in total. The predicted molar refractivity (Wildman–Crippen MR) is 96.8 cm³/mol. The van der Waals surface area contributed by atoms with Crippen LogP contribution in [0.15, 0.2) is 81.5 Å². The second kappa shape index (κ2) is 6.49. The highest BCUT2D eigenvalue weighted by molar-refractivity contribution is 5.38. The summed E-state index contributed by atoms with van der Waals surface area (Å²) in [6.07, 6.45) is 4.39. The molecule has 7 nitrogen and oxygen atoms in total. The normalized spacial score (nSPS) is 11.0. The maximum absolute atomic E-state index is 13.4. The van der Waals surface area contributed by atoms with Crippen molar-refractivity contribution in [1.29, 1.82) is 0 Å². The van der Waals surface area contributed by atoms with E-state index in [9.17, 15) is 18.8 Å². The van der Waals surface area contributed by atoms with Crippen molar-refractivity contribution in [3.05, 3.63) is 110 Å². The summed E-state index contributed by atoms with van der Waals surface area (Å²) in [6.45, 7) is -0.0291. The van der Waals surface area contributed by atoms with Crippen molar-refractivity contribution < 1.29 is 4.39 Å². The number of hydrogen-bond donors (Lipinski definition) is 0. The highest BCUT2D eigenvalue weighted by atomic mass is 19.1. The van der Waals surface area contributed by atoms with Gasteiger partial charge in [0.05, 0.1) is 17.9 Å².